The fourth-order valence-corrected chi connectivity index (χ4v) is 7.95. The van der Waals surface area contributed by atoms with Gasteiger partial charge >= 0.3 is 0 Å². The Bertz CT molecular complexity index is 678. The van der Waals surface area contributed by atoms with Crippen molar-refractivity contribution >= 4 is 13.2 Å². The van der Waals surface area contributed by atoms with E-state index in [9.17, 15) is 0 Å². The normalized spacial score (nSPS) is 17.3. The van der Waals surface area contributed by atoms with Crippen LogP contribution in [-0.2, 0) is 0 Å². The monoisotopic (exact) mass is 354 g/mol. The largest absolute Gasteiger partial charge is 0.497 e. The maximum absolute atomic E-state index is 5.34. The molecule has 2 heteroatoms. The third-order valence-corrected chi connectivity index (χ3v) is 8.83. The van der Waals surface area contributed by atoms with Gasteiger partial charge in [-0.15, -0.1) is 0 Å². The Morgan fingerprint density at radius 2 is 1.52 bits per heavy atom. The lowest BCUT2D eigenvalue weighted by molar-refractivity contribution is 0.415. The molecule has 0 aromatic heterocycles. The van der Waals surface area contributed by atoms with Crippen LogP contribution in [0.5, 0.6) is 5.75 Å². The van der Waals surface area contributed by atoms with Crippen molar-refractivity contribution in [3.8, 4) is 16.9 Å². The lowest BCUT2D eigenvalue weighted by atomic mass is 10.0. The zero-order chi connectivity index (χ0) is 17.9. The number of methoxy groups -OCH3 is 1. The highest BCUT2D eigenvalue weighted by Crippen LogP contribution is 2.57. The van der Waals surface area contributed by atoms with Gasteiger partial charge in [-0.3, -0.25) is 0 Å². The fourth-order valence-electron chi connectivity index (χ4n) is 4.14. The third kappa shape index (κ3) is 4.26. The third-order valence-electron chi connectivity index (χ3n) is 5.23. The molecule has 0 bridgehead atoms. The minimum atomic E-state index is -0.202. The van der Waals surface area contributed by atoms with Crippen LogP contribution in [0.1, 0.15) is 52.9 Å². The summed E-state index contributed by atoms with van der Waals surface area (Å²) in [4.78, 5) is 0. The molecule has 0 spiro atoms. The van der Waals surface area contributed by atoms with Crippen LogP contribution in [0.25, 0.3) is 11.1 Å². The number of hydrogen-bond donors (Lipinski definition) is 0. The molecule has 1 atom stereocenters. The summed E-state index contributed by atoms with van der Waals surface area (Å²) in [6.07, 6.45) is 7.04. The van der Waals surface area contributed by atoms with Gasteiger partial charge in [-0.25, -0.2) is 0 Å². The number of benzene rings is 2. The van der Waals surface area contributed by atoms with E-state index in [4.69, 9.17) is 4.74 Å². The van der Waals surface area contributed by atoms with Crippen LogP contribution < -0.4 is 10.0 Å². The maximum Gasteiger partial charge on any atom is 0.118 e. The summed E-state index contributed by atoms with van der Waals surface area (Å²) in [5.74, 6) is 0.923. The van der Waals surface area contributed by atoms with E-state index in [0.29, 0.717) is 5.16 Å². The highest BCUT2D eigenvalue weighted by Gasteiger charge is 2.35. The highest BCUT2D eigenvalue weighted by atomic mass is 31.1. The van der Waals surface area contributed by atoms with Crippen molar-refractivity contribution in [3.63, 3.8) is 0 Å². The summed E-state index contributed by atoms with van der Waals surface area (Å²) in [6.45, 7) is 7.33. The van der Waals surface area contributed by atoms with E-state index in [1.54, 1.807) is 12.4 Å². The average Bonchev–Trinajstić information content (AvgIpc) is 2.62. The Morgan fingerprint density at radius 1 is 0.880 bits per heavy atom. The molecule has 1 fully saturated rings. The number of ether oxygens (including phenoxy) is 1. The van der Waals surface area contributed by atoms with Crippen LogP contribution in [0.2, 0.25) is 0 Å². The second-order valence-electron chi connectivity index (χ2n) is 8.08. The van der Waals surface area contributed by atoms with E-state index < -0.39 is 0 Å². The molecular weight excluding hydrogens is 323 g/mol. The molecule has 1 aliphatic carbocycles. The zero-order valence-corrected chi connectivity index (χ0v) is 17.0. The summed E-state index contributed by atoms with van der Waals surface area (Å²) in [6, 6.07) is 17.7. The lowest BCUT2D eigenvalue weighted by Crippen LogP contribution is -2.29. The van der Waals surface area contributed by atoms with Crippen LogP contribution in [0.15, 0.2) is 48.5 Å². The molecule has 0 radical (unpaired) electrons. The van der Waals surface area contributed by atoms with Gasteiger partial charge in [0, 0.05) is 0 Å². The Kier molecular flexibility index (Phi) is 5.85. The molecule has 0 N–H and O–H groups in total. The van der Waals surface area contributed by atoms with E-state index in [-0.39, 0.29) is 7.92 Å². The number of rotatable bonds is 4. The Balaban J connectivity index is 2.04. The predicted octanol–water partition coefficient (Wildman–Crippen LogP) is 6.60. The van der Waals surface area contributed by atoms with Gasteiger partial charge in [0.1, 0.15) is 5.75 Å². The summed E-state index contributed by atoms with van der Waals surface area (Å²) in [5, 5.41) is 1.92. The first-order chi connectivity index (χ1) is 12.0. The maximum atomic E-state index is 5.34. The molecule has 0 amide bonds. The molecule has 134 valence electrons. The van der Waals surface area contributed by atoms with Gasteiger partial charge in [0.05, 0.1) is 7.11 Å². The fraction of sp³-hybridized carbons (Fsp3) is 0.478. The molecule has 1 saturated carbocycles. The van der Waals surface area contributed by atoms with E-state index >= 15 is 0 Å². The molecule has 3 rings (SSSR count). The smallest absolute Gasteiger partial charge is 0.118 e. The van der Waals surface area contributed by atoms with Crippen LogP contribution in [0.4, 0.5) is 0 Å². The van der Waals surface area contributed by atoms with E-state index in [1.165, 1.54) is 43.2 Å². The van der Waals surface area contributed by atoms with Gasteiger partial charge in [-0.05, 0) is 52.2 Å². The molecule has 25 heavy (non-hydrogen) atoms. The molecule has 1 nitrogen and oxygen atoms in total. The van der Waals surface area contributed by atoms with Crippen molar-refractivity contribution in [1.29, 1.82) is 0 Å². The van der Waals surface area contributed by atoms with Crippen molar-refractivity contribution in [2.45, 2.75) is 63.7 Å². The predicted molar refractivity (Wildman–Crippen MR) is 112 cm³/mol. The summed E-state index contributed by atoms with van der Waals surface area (Å²) in [7, 11) is 1.53. The Hall–Kier alpha value is -1.33. The van der Waals surface area contributed by atoms with Gasteiger partial charge in [0.25, 0.3) is 0 Å². The molecule has 2 aromatic carbocycles. The van der Waals surface area contributed by atoms with Gasteiger partial charge < -0.3 is 4.74 Å². The molecule has 2 aromatic rings. The second kappa shape index (κ2) is 7.92. The van der Waals surface area contributed by atoms with Gasteiger partial charge in [-0.2, -0.15) is 0 Å². The molecule has 0 saturated heterocycles. The van der Waals surface area contributed by atoms with E-state index in [1.807, 2.05) is 0 Å². The van der Waals surface area contributed by atoms with Gasteiger partial charge in [0.2, 0.25) is 0 Å². The first-order valence-corrected chi connectivity index (χ1v) is 10.9. The summed E-state index contributed by atoms with van der Waals surface area (Å²) >= 11 is 0. The molecule has 0 aliphatic heterocycles. The van der Waals surface area contributed by atoms with Crippen LogP contribution in [0.3, 0.4) is 0 Å². The summed E-state index contributed by atoms with van der Waals surface area (Å²) < 4.78 is 5.34. The van der Waals surface area contributed by atoms with Crippen molar-refractivity contribution < 1.29 is 4.74 Å². The average molecular weight is 354 g/mol. The first-order valence-electron chi connectivity index (χ1n) is 9.53. The van der Waals surface area contributed by atoms with Crippen LogP contribution >= 0.6 is 7.92 Å². The van der Waals surface area contributed by atoms with Crippen LogP contribution in [-0.4, -0.2) is 17.9 Å². The van der Waals surface area contributed by atoms with Crippen molar-refractivity contribution in [2.24, 2.45) is 0 Å². The molecular formula is C23H31OP. The second-order valence-corrected chi connectivity index (χ2v) is 11.4. The lowest BCUT2D eigenvalue weighted by Gasteiger charge is -2.41. The van der Waals surface area contributed by atoms with Crippen LogP contribution in [0, 0.1) is 0 Å². The minimum absolute atomic E-state index is 0.202. The Labute approximate surface area is 154 Å². The Morgan fingerprint density at radius 3 is 2.12 bits per heavy atom. The SMILES string of the molecule is COc1ccc(-c2ccccc2P(C2CCCCC2)C(C)(C)C)cc1. The van der Waals surface area contributed by atoms with Crippen molar-refractivity contribution in [3.05, 3.63) is 48.5 Å². The minimum Gasteiger partial charge on any atom is -0.497 e. The van der Waals surface area contributed by atoms with Crippen molar-refractivity contribution in [2.75, 3.05) is 7.11 Å². The molecule has 1 aliphatic rings. The van der Waals surface area contributed by atoms with Crippen molar-refractivity contribution in [1.82, 2.24) is 0 Å². The topological polar surface area (TPSA) is 9.23 Å². The quantitative estimate of drug-likeness (QED) is 0.562. The highest BCUT2D eigenvalue weighted by molar-refractivity contribution is 7.68. The molecule has 0 heterocycles. The zero-order valence-electron chi connectivity index (χ0n) is 16.1. The van der Waals surface area contributed by atoms with E-state index in [2.05, 4.69) is 69.3 Å². The van der Waals surface area contributed by atoms with E-state index in [0.717, 1.165) is 11.4 Å². The summed E-state index contributed by atoms with van der Waals surface area (Å²) in [5.41, 5.74) is 3.59. The van der Waals surface area contributed by atoms with Gasteiger partial charge in [-0.1, -0.05) is 84.4 Å². The first kappa shape index (κ1) is 18.5. The standard InChI is InChI=1S/C23H31OP/c1-23(2,3)25(20-10-6-5-7-11-20)22-13-9-8-12-21(22)18-14-16-19(24-4)17-15-18/h8-9,12-17,20H,5-7,10-11H2,1-4H3. The van der Waals surface area contributed by atoms with Gasteiger partial charge in [0.15, 0.2) is 0 Å². The molecule has 1 unspecified atom stereocenters. The number of hydrogen-bond acceptors (Lipinski definition) is 1.